The zero-order valence-corrected chi connectivity index (χ0v) is 16.1. The Morgan fingerprint density at radius 3 is 2.62 bits per heavy atom. The molecule has 26 heavy (non-hydrogen) atoms. The summed E-state index contributed by atoms with van der Waals surface area (Å²) in [5.41, 5.74) is 0.514. The highest BCUT2D eigenvalue weighted by Gasteiger charge is 2.20. The Balaban J connectivity index is 2.59. The molecule has 0 aliphatic rings. The van der Waals surface area contributed by atoms with Crippen LogP contribution in [0.3, 0.4) is 0 Å². The number of thioether (sulfide) groups is 1. The van der Waals surface area contributed by atoms with Gasteiger partial charge in [-0.15, -0.1) is 0 Å². The molecule has 0 bridgehead atoms. The van der Waals surface area contributed by atoms with E-state index >= 15 is 0 Å². The molecule has 8 heteroatoms. The minimum Gasteiger partial charge on any atom is -0.468 e. The van der Waals surface area contributed by atoms with Crippen LogP contribution in [-0.2, 0) is 20.8 Å². The molecule has 1 aromatic carbocycles. The number of unbranched alkanes of at least 4 members (excludes halogenated alkanes) is 1. The van der Waals surface area contributed by atoms with Crippen molar-refractivity contribution >= 4 is 34.6 Å². The van der Waals surface area contributed by atoms with Gasteiger partial charge in [0.15, 0.2) is 5.16 Å². The lowest BCUT2D eigenvalue weighted by Gasteiger charge is -2.15. The van der Waals surface area contributed by atoms with Crippen molar-refractivity contribution in [2.24, 2.45) is 0 Å². The van der Waals surface area contributed by atoms with Gasteiger partial charge in [-0.2, -0.15) is 0 Å². The van der Waals surface area contributed by atoms with Crippen LogP contribution in [0.2, 0.25) is 0 Å². The molecule has 0 aliphatic carbocycles. The quantitative estimate of drug-likeness (QED) is 0.416. The van der Waals surface area contributed by atoms with Gasteiger partial charge in [-0.25, -0.2) is 9.78 Å². The summed E-state index contributed by atoms with van der Waals surface area (Å²) in [6.45, 7) is 4.24. The van der Waals surface area contributed by atoms with Crippen molar-refractivity contribution in [2.45, 2.75) is 43.6 Å². The van der Waals surface area contributed by atoms with Crippen LogP contribution >= 0.6 is 11.8 Å². The Bertz CT molecular complexity index is 878. The molecule has 0 fully saturated rings. The molecule has 0 radical (unpaired) electrons. The Morgan fingerprint density at radius 2 is 2.00 bits per heavy atom. The number of nitrogens with zero attached hydrogens (tertiary/aromatic N) is 2. The van der Waals surface area contributed by atoms with Crippen molar-refractivity contribution < 1.29 is 19.1 Å². The van der Waals surface area contributed by atoms with Crippen LogP contribution in [0.25, 0.3) is 10.9 Å². The van der Waals surface area contributed by atoms with Gasteiger partial charge < -0.3 is 9.47 Å². The first-order valence-corrected chi connectivity index (χ1v) is 9.18. The molecule has 1 aromatic heterocycles. The molecule has 2 rings (SSSR count). The summed E-state index contributed by atoms with van der Waals surface area (Å²) in [5.74, 6) is -0.893. The summed E-state index contributed by atoms with van der Waals surface area (Å²) >= 11 is 1.16. The predicted molar refractivity (Wildman–Crippen MR) is 99.6 cm³/mol. The average Bonchev–Trinajstić information content (AvgIpc) is 2.65. The molecule has 0 unspecified atom stereocenters. The van der Waals surface area contributed by atoms with Gasteiger partial charge in [0.2, 0.25) is 0 Å². The number of esters is 2. The van der Waals surface area contributed by atoms with Crippen molar-refractivity contribution in [1.82, 2.24) is 9.55 Å². The fraction of sp³-hybridized carbons (Fsp3) is 0.444. The van der Waals surface area contributed by atoms with E-state index in [0.717, 1.165) is 24.6 Å². The highest BCUT2D eigenvalue weighted by atomic mass is 32.2. The molecule has 0 spiro atoms. The average molecular weight is 378 g/mol. The standard InChI is InChI=1S/C18H22N2O5S/c1-5-6-9-20-15(21)13-8-7-12(17(23)25-4)10-14(13)19-18(20)26-11(2)16(22)24-3/h7-8,10-11H,5-6,9H2,1-4H3/t11-/m0/s1. The van der Waals surface area contributed by atoms with Crippen LogP contribution in [0.4, 0.5) is 0 Å². The molecule has 0 saturated heterocycles. The van der Waals surface area contributed by atoms with E-state index < -0.39 is 17.2 Å². The molecule has 2 aromatic rings. The maximum Gasteiger partial charge on any atom is 0.337 e. The van der Waals surface area contributed by atoms with Gasteiger partial charge in [-0.1, -0.05) is 25.1 Å². The van der Waals surface area contributed by atoms with Crippen LogP contribution < -0.4 is 5.56 Å². The van der Waals surface area contributed by atoms with Crippen LogP contribution in [0.15, 0.2) is 28.2 Å². The van der Waals surface area contributed by atoms with Crippen LogP contribution in [0.1, 0.15) is 37.0 Å². The van der Waals surface area contributed by atoms with E-state index in [0.29, 0.717) is 28.2 Å². The third kappa shape index (κ3) is 4.24. The molecule has 0 saturated carbocycles. The predicted octanol–water partition coefficient (Wildman–Crippen LogP) is 2.64. The lowest BCUT2D eigenvalue weighted by molar-refractivity contribution is -0.139. The molecule has 1 atom stereocenters. The van der Waals surface area contributed by atoms with E-state index in [4.69, 9.17) is 9.47 Å². The largest absolute Gasteiger partial charge is 0.468 e. The summed E-state index contributed by atoms with van der Waals surface area (Å²) in [5, 5.41) is 0.334. The summed E-state index contributed by atoms with van der Waals surface area (Å²) in [4.78, 5) is 40.9. The highest BCUT2D eigenvalue weighted by molar-refractivity contribution is 8.00. The molecular formula is C18H22N2O5S. The van der Waals surface area contributed by atoms with Gasteiger partial charge in [0.05, 0.1) is 30.7 Å². The van der Waals surface area contributed by atoms with E-state index in [9.17, 15) is 14.4 Å². The molecule has 7 nitrogen and oxygen atoms in total. The van der Waals surface area contributed by atoms with Gasteiger partial charge in [0.25, 0.3) is 5.56 Å². The minimum absolute atomic E-state index is 0.195. The number of fused-ring (bicyclic) bond motifs is 1. The Labute approximate surface area is 155 Å². The van der Waals surface area contributed by atoms with Gasteiger partial charge in [0.1, 0.15) is 5.25 Å². The summed E-state index contributed by atoms with van der Waals surface area (Å²) < 4.78 is 11.0. The van der Waals surface area contributed by atoms with E-state index in [1.54, 1.807) is 23.6 Å². The number of aromatic nitrogens is 2. The highest BCUT2D eigenvalue weighted by Crippen LogP contribution is 2.24. The maximum absolute atomic E-state index is 12.9. The fourth-order valence-electron chi connectivity index (χ4n) is 2.42. The van der Waals surface area contributed by atoms with E-state index in [-0.39, 0.29) is 5.56 Å². The molecule has 0 aliphatic heterocycles. The second-order valence-electron chi connectivity index (χ2n) is 5.71. The lowest BCUT2D eigenvalue weighted by atomic mass is 10.1. The summed E-state index contributed by atoms with van der Waals surface area (Å²) in [6, 6.07) is 4.66. The van der Waals surface area contributed by atoms with Crippen molar-refractivity contribution in [3.63, 3.8) is 0 Å². The number of benzene rings is 1. The fourth-order valence-corrected chi connectivity index (χ4v) is 3.38. The number of hydrogen-bond acceptors (Lipinski definition) is 7. The number of hydrogen-bond donors (Lipinski definition) is 0. The van der Waals surface area contributed by atoms with E-state index in [1.165, 1.54) is 20.3 Å². The summed E-state index contributed by atoms with van der Waals surface area (Å²) in [6.07, 6.45) is 1.73. The first kappa shape index (κ1) is 20.0. The third-order valence-corrected chi connectivity index (χ3v) is 4.96. The topological polar surface area (TPSA) is 87.5 Å². The van der Waals surface area contributed by atoms with Gasteiger partial charge in [-0.3, -0.25) is 14.2 Å². The molecule has 140 valence electrons. The monoisotopic (exact) mass is 378 g/mol. The smallest absolute Gasteiger partial charge is 0.337 e. The number of ether oxygens (including phenoxy) is 2. The second kappa shape index (κ2) is 8.84. The normalized spacial score (nSPS) is 12.0. The number of rotatable bonds is 7. The second-order valence-corrected chi connectivity index (χ2v) is 7.02. The van der Waals surface area contributed by atoms with Crippen LogP contribution in [0, 0.1) is 0 Å². The Kier molecular flexibility index (Phi) is 6.79. The zero-order chi connectivity index (χ0) is 19.3. The van der Waals surface area contributed by atoms with Crippen molar-refractivity contribution in [2.75, 3.05) is 14.2 Å². The molecule has 1 heterocycles. The van der Waals surface area contributed by atoms with Gasteiger partial charge in [0, 0.05) is 6.54 Å². The third-order valence-electron chi connectivity index (χ3n) is 3.89. The number of methoxy groups -OCH3 is 2. The number of carbonyl (C=O) groups excluding carboxylic acids is 2. The Morgan fingerprint density at radius 1 is 1.27 bits per heavy atom. The van der Waals surface area contributed by atoms with Crippen molar-refractivity contribution in [3.05, 3.63) is 34.1 Å². The lowest BCUT2D eigenvalue weighted by Crippen LogP contribution is -2.25. The summed E-state index contributed by atoms with van der Waals surface area (Å²) in [7, 11) is 2.61. The minimum atomic E-state index is -0.513. The van der Waals surface area contributed by atoms with Gasteiger partial charge in [-0.05, 0) is 31.5 Å². The van der Waals surface area contributed by atoms with E-state index in [1.807, 2.05) is 6.92 Å². The van der Waals surface area contributed by atoms with Crippen molar-refractivity contribution in [3.8, 4) is 0 Å². The molecular weight excluding hydrogens is 356 g/mol. The molecule has 0 amide bonds. The first-order chi connectivity index (χ1) is 12.4. The van der Waals surface area contributed by atoms with Crippen LogP contribution in [0.5, 0.6) is 0 Å². The maximum atomic E-state index is 12.9. The molecule has 0 N–H and O–H groups in total. The van der Waals surface area contributed by atoms with E-state index in [2.05, 4.69) is 4.98 Å². The van der Waals surface area contributed by atoms with Crippen molar-refractivity contribution in [1.29, 1.82) is 0 Å². The number of carbonyl (C=O) groups is 2. The Hall–Kier alpha value is -2.35. The van der Waals surface area contributed by atoms with Gasteiger partial charge >= 0.3 is 11.9 Å². The van der Waals surface area contributed by atoms with Crippen LogP contribution in [-0.4, -0.2) is 41.0 Å². The first-order valence-electron chi connectivity index (χ1n) is 8.30. The zero-order valence-electron chi connectivity index (χ0n) is 15.3. The SMILES string of the molecule is CCCCn1c(S[C@@H](C)C(=O)OC)nc2cc(C(=O)OC)ccc2c1=O.